The van der Waals surface area contributed by atoms with Crippen LogP contribution in [0.15, 0.2) is 53.7 Å². The number of carbonyl (C=O) groups excluding carboxylic acids is 1. The molecule has 0 spiro atoms. The van der Waals surface area contributed by atoms with E-state index in [1.807, 2.05) is 18.2 Å². The van der Waals surface area contributed by atoms with E-state index in [4.69, 9.17) is 0 Å². The average Bonchev–Trinajstić information content (AvgIpc) is 2.67. The lowest BCUT2D eigenvalue weighted by atomic mass is 10.1. The molecule has 1 amide bonds. The lowest BCUT2D eigenvalue weighted by Crippen LogP contribution is -2.41. The first-order valence-electron chi connectivity index (χ1n) is 8.20. The van der Waals surface area contributed by atoms with Crippen molar-refractivity contribution in [3.8, 4) is 0 Å². The summed E-state index contributed by atoms with van der Waals surface area (Å²) < 4.78 is 37.6. The van der Waals surface area contributed by atoms with E-state index in [-0.39, 0.29) is 12.1 Å². The van der Waals surface area contributed by atoms with Crippen LogP contribution in [-0.4, -0.2) is 37.0 Å². The Morgan fingerprint density at radius 3 is 2.33 bits per heavy atom. The number of alkyl halides is 3. The normalized spacial score (nSPS) is 11.8. The smallest absolute Gasteiger partial charge is 0.355 e. The van der Waals surface area contributed by atoms with Crippen LogP contribution >= 0.6 is 0 Å². The van der Waals surface area contributed by atoms with Crippen LogP contribution in [0.25, 0.3) is 0 Å². The molecule has 9 heteroatoms. The monoisotopic (exact) mass is 379 g/mol. The number of hydrogen-bond acceptors (Lipinski definition) is 3. The highest BCUT2D eigenvalue weighted by Gasteiger charge is 2.30. The summed E-state index contributed by atoms with van der Waals surface area (Å²) >= 11 is 0. The molecule has 0 saturated heterocycles. The van der Waals surface area contributed by atoms with Crippen molar-refractivity contribution in [3.05, 3.63) is 65.5 Å². The molecule has 0 radical (unpaired) electrons. The molecular formula is C18H20F3N5O. The number of nitrogens with zero attached hydrogens (tertiary/aromatic N) is 2. The average molecular weight is 379 g/mol. The van der Waals surface area contributed by atoms with Gasteiger partial charge in [-0.3, -0.25) is 14.8 Å². The molecule has 2 aromatic rings. The van der Waals surface area contributed by atoms with Crippen molar-refractivity contribution in [2.75, 3.05) is 20.1 Å². The fourth-order valence-corrected chi connectivity index (χ4v) is 2.17. The topological polar surface area (TPSA) is 78.4 Å². The number of pyridine rings is 1. The first-order chi connectivity index (χ1) is 12.9. The number of nitrogens with one attached hydrogen (secondary N) is 3. The fourth-order valence-electron chi connectivity index (χ4n) is 2.17. The summed E-state index contributed by atoms with van der Waals surface area (Å²) in [5, 5.41) is 8.74. The summed E-state index contributed by atoms with van der Waals surface area (Å²) in [4.78, 5) is 20.2. The maximum atomic E-state index is 12.5. The van der Waals surface area contributed by atoms with Crippen molar-refractivity contribution in [1.82, 2.24) is 20.9 Å². The Balaban J connectivity index is 1.72. The zero-order valence-electron chi connectivity index (χ0n) is 14.7. The van der Waals surface area contributed by atoms with Crippen molar-refractivity contribution >= 4 is 11.9 Å². The molecule has 0 aliphatic carbocycles. The van der Waals surface area contributed by atoms with Gasteiger partial charge in [0.2, 0.25) is 0 Å². The molecule has 6 nitrogen and oxygen atoms in total. The maximum Gasteiger partial charge on any atom is 0.416 e. The Morgan fingerprint density at radius 2 is 1.74 bits per heavy atom. The predicted octanol–water partition coefficient (Wildman–Crippen LogP) is 2.20. The van der Waals surface area contributed by atoms with Gasteiger partial charge in [0.1, 0.15) is 0 Å². The summed E-state index contributed by atoms with van der Waals surface area (Å²) in [5.41, 5.74) is 0.236. The molecule has 0 fully saturated rings. The lowest BCUT2D eigenvalue weighted by molar-refractivity contribution is -0.137. The second kappa shape index (κ2) is 9.56. The minimum Gasteiger partial charge on any atom is -0.355 e. The van der Waals surface area contributed by atoms with Crippen LogP contribution in [0.4, 0.5) is 13.2 Å². The first-order valence-corrected chi connectivity index (χ1v) is 8.20. The Hall–Kier alpha value is -3.10. The van der Waals surface area contributed by atoms with E-state index in [0.29, 0.717) is 19.0 Å². The Labute approximate surface area is 154 Å². The molecule has 0 bridgehead atoms. The van der Waals surface area contributed by atoms with Gasteiger partial charge < -0.3 is 16.0 Å². The summed E-state index contributed by atoms with van der Waals surface area (Å²) in [6, 6.07) is 9.67. The Kier molecular flexibility index (Phi) is 7.16. The molecule has 3 N–H and O–H groups in total. The number of hydrogen-bond donors (Lipinski definition) is 3. The summed E-state index contributed by atoms with van der Waals surface area (Å²) in [5.74, 6) is 0.103. The zero-order valence-corrected chi connectivity index (χ0v) is 14.7. The van der Waals surface area contributed by atoms with Gasteiger partial charge in [0.25, 0.3) is 5.91 Å². The van der Waals surface area contributed by atoms with Crippen LogP contribution < -0.4 is 16.0 Å². The first kappa shape index (κ1) is 20.2. The molecular weight excluding hydrogens is 359 g/mol. The molecule has 2 rings (SSSR count). The lowest BCUT2D eigenvalue weighted by Gasteiger charge is -2.12. The van der Waals surface area contributed by atoms with Crippen LogP contribution in [0.3, 0.4) is 0 Å². The van der Waals surface area contributed by atoms with E-state index in [1.165, 1.54) is 0 Å². The van der Waals surface area contributed by atoms with Crippen molar-refractivity contribution in [3.63, 3.8) is 0 Å². The fraction of sp³-hybridized carbons (Fsp3) is 0.278. The summed E-state index contributed by atoms with van der Waals surface area (Å²) in [6.07, 6.45) is -2.72. The van der Waals surface area contributed by atoms with E-state index >= 15 is 0 Å². The van der Waals surface area contributed by atoms with Gasteiger partial charge in [-0.15, -0.1) is 0 Å². The molecule has 27 heavy (non-hydrogen) atoms. The van der Waals surface area contributed by atoms with Gasteiger partial charge >= 0.3 is 6.18 Å². The van der Waals surface area contributed by atoms with Crippen molar-refractivity contribution in [1.29, 1.82) is 0 Å². The maximum absolute atomic E-state index is 12.5. The number of rotatable bonds is 6. The second-order valence-electron chi connectivity index (χ2n) is 5.50. The number of aromatic nitrogens is 1. The van der Waals surface area contributed by atoms with Crippen LogP contribution in [0, 0.1) is 0 Å². The van der Waals surface area contributed by atoms with Gasteiger partial charge in [0.15, 0.2) is 5.96 Å². The molecule has 0 saturated carbocycles. The summed E-state index contributed by atoms with van der Waals surface area (Å²) in [6.45, 7) is 1.18. The third-order valence-electron chi connectivity index (χ3n) is 3.56. The van der Waals surface area contributed by atoms with Crippen LogP contribution in [0.5, 0.6) is 0 Å². The molecule has 144 valence electrons. The minimum atomic E-state index is -4.42. The van der Waals surface area contributed by atoms with Crippen LogP contribution in [-0.2, 0) is 12.7 Å². The van der Waals surface area contributed by atoms with E-state index < -0.39 is 17.6 Å². The Morgan fingerprint density at radius 1 is 1.04 bits per heavy atom. The molecule has 0 aliphatic rings. The van der Waals surface area contributed by atoms with Gasteiger partial charge in [-0.25, -0.2) is 0 Å². The van der Waals surface area contributed by atoms with E-state index in [0.717, 1.165) is 30.0 Å². The molecule has 0 atom stereocenters. The zero-order chi connectivity index (χ0) is 19.7. The van der Waals surface area contributed by atoms with Crippen molar-refractivity contribution in [2.45, 2.75) is 12.7 Å². The van der Waals surface area contributed by atoms with Crippen molar-refractivity contribution < 1.29 is 18.0 Å². The molecule has 1 aromatic heterocycles. The van der Waals surface area contributed by atoms with Crippen LogP contribution in [0.1, 0.15) is 21.6 Å². The number of amides is 1. The van der Waals surface area contributed by atoms with Gasteiger partial charge in [0.05, 0.1) is 17.8 Å². The van der Waals surface area contributed by atoms with Gasteiger partial charge in [0, 0.05) is 31.9 Å². The van der Waals surface area contributed by atoms with Gasteiger partial charge in [-0.1, -0.05) is 6.07 Å². The number of benzene rings is 1. The standard InChI is InChI=1S/C18H20F3N5O/c1-22-17(26-12-15-4-2-3-9-23-15)25-11-10-24-16(27)13-5-7-14(8-6-13)18(19,20)21/h2-9H,10-12H2,1H3,(H,24,27)(H2,22,25,26). The number of aliphatic imine (C=N–C) groups is 1. The number of carbonyl (C=O) groups is 1. The molecule has 0 unspecified atom stereocenters. The van der Waals surface area contributed by atoms with Gasteiger partial charge in [-0.05, 0) is 36.4 Å². The highest BCUT2D eigenvalue weighted by molar-refractivity contribution is 5.94. The number of halogens is 3. The largest absolute Gasteiger partial charge is 0.416 e. The molecule has 1 heterocycles. The van der Waals surface area contributed by atoms with Crippen molar-refractivity contribution in [2.24, 2.45) is 4.99 Å². The highest BCUT2D eigenvalue weighted by Crippen LogP contribution is 2.28. The van der Waals surface area contributed by atoms with E-state index in [9.17, 15) is 18.0 Å². The quantitative estimate of drug-likeness (QED) is 0.409. The van der Waals surface area contributed by atoms with Crippen LogP contribution in [0.2, 0.25) is 0 Å². The second-order valence-corrected chi connectivity index (χ2v) is 5.50. The Bertz CT molecular complexity index is 761. The molecule has 1 aromatic carbocycles. The van der Waals surface area contributed by atoms with Gasteiger partial charge in [-0.2, -0.15) is 13.2 Å². The minimum absolute atomic E-state index is 0.167. The molecule has 0 aliphatic heterocycles. The third-order valence-corrected chi connectivity index (χ3v) is 3.56. The SMILES string of the molecule is CN=C(NCCNC(=O)c1ccc(C(F)(F)F)cc1)NCc1ccccn1. The number of guanidine groups is 1. The van der Waals surface area contributed by atoms with E-state index in [2.05, 4.69) is 25.9 Å². The highest BCUT2D eigenvalue weighted by atomic mass is 19.4. The summed E-state index contributed by atoms with van der Waals surface area (Å²) in [7, 11) is 1.62. The van der Waals surface area contributed by atoms with E-state index in [1.54, 1.807) is 13.2 Å². The third kappa shape index (κ3) is 6.61. The predicted molar refractivity (Wildman–Crippen MR) is 96.2 cm³/mol.